The summed E-state index contributed by atoms with van der Waals surface area (Å²) in [5.41, 5.74) is 0. The molecule has 35 heavy (non-hydrogen) atoms. The third kappa shape index (κ3) is 22.6. The lowest BCUT2D eigenvalue weighted by atomic mass is 10.1. The second-order valence-corrected chi connectivity index (χ2v) is 9.75. The van der Waals surface area contributed by atoms with E-state index in [4.69, 9.17) is 9.47 Å². The zero-order valence-electron chi connectivity index (χ0n) is 23.2. The van der Waals surface area contributed by atoms with Gasteiger partial charge in [0.1, 0.15) is 6.04 Å². The molecular weight excluding hydrogens is 442 g/mol. The van der Waals surface area contributed by atoms with Gasteiger partial charge in [-0.05, 0) is 25.7 Å². The Morgan fingerprint density at radius 3 is 1.57 bits per heavy atom. The molecule has 0 unspecified atom stereocenters. The number of hydrogen-bond donors (Lipinski definition) is 1. The molecule has 0 aromatic carbocycles. The van der Waals surface area contributed by atoms with Crippen LogP contribution in [0.5, 0.6) is 0 Å². The van der Waals surface area contributed by atoms with Crippen LogP contribution in [-0.2, 0) is 23.9 Å². The van der Waals surface area contributed by atoms with Gasteiger partial charge in [-0.15, -0.1) is 0 Å². The van der Waals surface area contributed by atoms with Gasteiger partial charge in [0.2, 0.25) is 5.91 Å². The van der Waals surface area contributed by atoms with Crippen LogP contribution in [-0.4, -0.2) is 37.1 Å². The maximum atomic E-state index is 12.6. The van der Waals surface area contributed by atoms with Crippen LogP contribution in [0.1, 0.15) is 149 Å². The van der Waals surface area contributed by atoms with Crippen molar-refractivity contribution in [2.45, 2.75) is 155 Å². The molecule has 0 aromatic rings. The Hall–Kier alpha value is -1.59. The normalized spacial score (nSPS) is 11.7. The Morgan fingerprint density at radius 1 is 0.571 bits per heavy atom. The maximum Gasteiger partial charge on any atom is 0.328 e. The van der Waals surface area contributed by atoms with Crippen LogP contribution in [0.15, 0.2) is 0 Å². The van der Waals surface area contributed by atoms with Crippen LogP contribution in [0.4, 0.5) is 0 Å². The van der Waals surface area contributed by atoms with Crippen molar-refractivity contribution in [1.82, 2.24) is 5.32 Å². The molecule has 0 saturated heterocycles. The van der Waals surface area contributed by atoms with Crippen molar-refractivity contribution in [3.8, 4) is 0 Å². The number of nitrogens with one attached hydrogen (secondary N) is 1. The van der Waals surface area contributed by atoms with Gasteiger partial charge in [-0.2, -0.15) is 0 Å². The molecular formula is C29H55NO5. The maximum absolute atomic E-state index is 12.6. The number of hydrogen-bond acceptors (Lipinski definition) is 5. The van der Waals surface area contributed by atoms with Crippen LogP contribution in [0.2, 0.25) is 0 Å². The molecule has 0 aliphatic rings. The number of amides is 1. The SMILES string of the molecule is CCCCCCCCCCCC(=O)N[C@@H](CCC(=O)OCCCCCC)C(=O)OCCCCCC. The Balaban J connectivity index is 4.33. The molecule has 0 bridgehead atoms. The smallest absolute Gasteiger partial charge is 0.328 e. The zero-order valence-corrected chi connectivity index (χ0v) is 23.2. The average molecular weight is 498 g/mol. The van der Waals surface area contributed by atoms with Gasteiger partial charge in [0.25, 0.3) is 0 Å². The van der Waals surface area contributed by atoms with Crippen molar-refractivity contribution in [1.29, 1.82) is 0 Å². The summed E-state index contributed by atoms with van der Waals surface area (Å²) in [7, 11) is 0. The second kappa shape index (κ2) is 25.5. The summed E-state index contributed by atoms with van der Waals surface area (Å²) < 4.78 is 10.7. The molecule has 0 rings (SSSR count). The molecule has 0 spiro atoms. The minimum Gasteiger partial charge on any atom is -0.466 e. The predicted octanol–water partition coefficient (Wildman–Crippen LogP) is 7.42. The number of esters is 2. The first-order valence-corrected chi connectivity index (χ1v) is 14.7. The molecule has 0 heterocycles. The average Bonchev–Trinajstić information content (AvgIpc) is 2.85. The van der Waals surface area contributed by atoms with E-state index >= 15 is 0 Å². The van der Waals surface area contributed by atoms with E-state index in [0.717, 1.165) is 70.6 Å². The summed E-state index contributed by atoms with van der Waals surface area (Å²) in [6, 6.07) is -0.792. The highest BCUT2D eigenvalue weighted by Crippen LogP contribution is 2.11. The largest absolute Gasteiger partial charge is 0.466 e. The first kappa shape index (κ1) is 33.4. The van der Waals surface area contributed by atoms with Gasteiger partial charge >= 0.3 is 11.9 Å². The standard InChI is InChI=1S/C29H55NO5/c1-4-7-10-13-14-15-16-17-18-21-27(31)30-26(29(33)35-25-20-12-9-6-3)22-23-28(32)34-24-19-11-8-5-2/h26H,4-25H2,1-3H3,(H,30,31)/t26-/m0/s1. The van der Waals surface area contributed by atoms with Gasteiger partial charge in [0.05, 0.1) is 13.2 Å². The number of carbonyl (C=O) groups excluding carboxylic acids is 3. The second-order valence-electron chi connectivity index (χ2n) is 9.75. The van der Waals surface area contributed by atoms with Crippen molar-refractivity contribution < 1.29 is 23.9 Å². The van der Waals surface area contributed by atoms with E-state index < -0.39 is 12.0 Å². The number of rotatable bonds is 25. The van der Waals surface area contributed by atoms with E-state index in [1.54, 1.807) is 0 Å². The highest BCUT2D eigenvalue weighted by Gasteiger charge is 2.23. The van der Waals surface area contributed by atoms with E-state index in [2.05, 4.69) is 26.1 Å². The fraction of sp³-hybridized carbons (Fsp3) is 0.897. The predicted molar refractivity (Wildman–Crippen MR) is 143 cm³/mol. The first-order valence-electron chi connectivity index (χ1n) is 14.7. The van der Waals surface area contributed by atoms with Gasteiger partial charge in [-0.1, -0.05) is 111 Å². The molecule has 1 atom stereocenters. The molecule has 206 valence electrons. The Bertz CT molecular complexity index is 523. The van der Waals surface area contributed by atoms with E-state index in [-0.39, 0.29) is 24.7 Å². The summed E-state index contributed by atoms with van der Waals surface area (Å²) in [6.07, 6.45) is 19.6. The summed E-state index contributed by atoms with van der Waals surface area (Å²) in [6.45, 7) is 7.26. The fourth-order valence-electron chi connectivity index (χ4n) is 3.96. The molecule has 0 aliphatic carbocycles. The van der Waals surface area contributed by atoms with Gasteiger partial charge < -0.3 is 14.8 Å². The van der Waals surface area contributed by atoms with E-state index in [9.17, 15) is 14.4 Å². The number of carbonyl (C=O) groups is 3. The molecule has 0 aliphatic heterocycles. The van der Waals surface area contributed by atoms with Crippen molar-refractivity contribution in [3.05, 3.63) is 0 Å². The van der Waals surface area contributed by atoms with Crippen LogP contribution >= 0.6 is 0 Å². The molecule has 0 saturated carbocycles. The van der Waals surface area contributed by atoms with Crippen molar-refractivity contribution in [2.75, 3.05) is 13.2 Å². The Morgan fingerprint density at radius 2 is 1.03 bits per heavy atom. The minimum absolute atomic E-state index is 0.0989. The molecule has 0 fully saturated rings. The molecule has 0 radical (unpaired) electrons. The topological polar surface area (TPSA) is 81.7 Å². The Kier molecular flexibility index (Phi) is 24.3. The van der Waals surface area contributed by atoms with E-state index in [1.807, 2.05) is 0 Å². The quantitative estimate of drug-likeness (QED) is 0.105. The van der Waals surface area contributed by atoms with Crippen LogP contribution in [0.3, 0.4) is 0 Å². The lowest BCUT2D eigenvalue weighted by Gasteiger charge is -2.17. The summed E-state index contributed by atoms with van der Waals surface area (Å²) >= 11 is 0. The summed E-state index contributed by atoms with van der Waals surface area (Å²) in [5, 5.41) is 2.81. The zero-order chi connectivity index (χ0) is 26.0. The highest BCUT2D eigenvalue weighted by atomic mass is 16.5. The Labute approximate surface area is 215 Å². The molecule has 1 N–H and O–H groups in total. The summed E-state index contributed by atoms with van der Waals surface area (Å²) in [5.74, 6) is -0.915. The van der Waals surface area contributed by atoms with Crippen LogP contribution < -0.4 is 5.32 Å². The van der Waals surface area contributed by atoms with Gasteiger partial charge in [-0.25, -0.2) is 4.79 Å². The fourth-order valence-corrected chi connectivity index (χ4v) is 3.96. The molecule has 6 heteroatoms. The third-order valence-electron chi connectivity index (χ3n) is 6.27. The van der Waals surface area contributed by atoms with Crippen molar-refractivity contribution in [3.63, 3.8) is 0 Å². The molecule has 0 aromatic heterocycles. The highest BCUT2D eigenvalue weighted by molar-refractivity contribution is 5.85. The van der Waals surface area contributed by atoms with Crippen LogP contribution in [0, 0.1) is 0 Å². The lowest BCUT2D eigenvalue weighted by Crippen LogP contribution is -2.42. The lowest BCUT2D eigenvalue weighted by molar-refractivity contribution is -0.149. The number of ether oxygens (including phenoxy) is 2. The third-order valence-corrected chi connectivity index (χ3v) is 6.27. The number of unbranched alkanes of at least 4 members (excludes halogenated alkanes) is 14. The van der Waals surface area contributed by atoms with Gasteiger partial charge in [-0.3, -0.25) is 9.59 Å². The van der Waals surface area contributed by atoms with Crippen LogP contribution in [0.25, 0.3) is 0 Å². The molecule has 1 amide bonds. The monoisotopic (exact) mass is 497 g/mol. The van der Waals surface area contributed by atoms with Gasteiger partial charge in [0.15, 0.2) is 0 Å². The van der Waals surface area contributed by atoms with E-state index in [0.29, 0.717) is 19.6 Å². The van der Waals surface area contributed by atoms with E-state index in [1.165, 1.54) is 38.5 Å². The molecule has 6 nitrogen and oxygen atoms in total. The first-order chi connectivity index (χ1) is 17.0. The van der Waals surface area contributed by atoms with Gasteiger partial charge in [0, 0.05) is 12.8 Å². The summed E-state index contributed by atoms with van der Waals surface area (Å²) in [4.78, 5) is 37.1. The van der Waals surface area contributed by atoms with Crippen molar-refractivity contribution >= 4 is 17.8 Å². The van der Waals surface area contributed by atoms with Crippen molar-refractivity contribution in [2.24, 2.45) is 0 Å². The minimum atomic E-state index is -0.792.